The maximum Gasteiger partial charge on any atom is 0.271 e. The van der Waals surface area contributed by atoms with Crippen molar-refractivity contribution in [3.8, 4) is 0 Å². The van der Waals surface area contributed by atoms with Crippen LogP contribution in [0, 0.1) is 0 Å². The van der Waals surface area contributed by atoms with Crippen molar-refractivity contribution >= 4 is 60.3 Å². The standard InChI is InChI=1S/C10H8BrClN2O2S2/c11-9-3-4-10(17-9)18(15,16)14-6-1-2-7(12)8(13)5-6/h1-5,14H,13H2. The molecule has 1 aromatic carbocycles. The number of sulfonamides is 1. The van der Waals surface area contributed by atoms with E-state index in [1.165, 1.54) is 12.1 Å². The van der Waals surface area contributed by atoms with E-state index in [0.29, 0.717) is 16.4 Å². The van der Waals surface area contributed by atoms with Crippen LogP contribution in [-0.2, 0) is 10.0 Å². The first-order valence-corrected chi connectivity index (χ1v) is 8.19. The lowest BCUT2D eigenvalue weighted by Gasteiger charge is -2.07. The van der Waals surface area contributed by atoms with Gasteiger partial charge in [0.25, 0.3) is 10.0 Å². The highest BCUT2D eigenvalue weighted by Gasteiger charge is 2.16. The van der Waals surface area contributed by atoms with E-state index in [1.807, 2.05) is 0 Å². The highest BCUT2D eigenvalue weighted by atomic mass is 79.9. The first-order chi connectivity index (χ1) is 8.38. The minimum absolute atomic E-state index is 0.225. The van der Waals surface area contributed by atoms with Crippen LogP contribution in [0.3, 0.4) is 0 Å². The van der Waals surface area contributed by atoms with Crippen molar-refractivity contribution in [1.29, 1.82) is 0 Å². The van der Waals surface area contributed by atoms with E-state index < -0.39 is 10.0 Å². The lowest BCUT2D eigenvalue weighted by molar-refractivity contribution is 0.603. The molecule has 4 nitrogen and oxygen atoms in total. The third kappa shape index (κ3) is 2.97. The van der Waals surface area contributed by atoms with Crippen molar-refractivity contribution in [2.45, 2.75) is 4.21 Å². The number of thiophene rings is 1. The number of rotatable bonds is 3. The first kappa shape index (κ1) is 13.7. The van der Waals surface area contributed by atoms with E-state index >= 15 is 0 Å². The molecule has 0 amide bonds. The Bertz CT molecular complexity index is 685. The Morgan fingerprint density at radius 3 is 2.56 bits per heavy atom. The number of hydrogen-bond donors (Lipinski definition) is 2. The summed E-state index contributed by atoms with van der Waals surface area (Å²) in [4.78, 5) is 0. The van der Waals surface area contributed by atoms with Crippen LogP contribution in [0.1, 0.15) is 0 Å². The smallest absolute Gasteiger partial charge is 0.271 e. The van der Waals surface area contributed by atoms with Gasteiger partial charge in [0.1, 0.15) is 4.21 Å². The molecular weight excluding hydrogens is 360 g/mol. The van der Waals surface area contributed by atoms with Gasteiger partial charge in [0.15, 0.2) is 0 Å². The van der Waals surface area contributed by atoms with Crippen molar-refractivity contribution in [2.75, 3.05) is 10.5 Å². The normalized spacial score (nSPS) is 11.4. The van der Waals surface area contributed by atoms with Crippen LogP contribution < -0.4 is 10.5 Å². The zero-order valence-electron chi connectivity index (χ0n) is 8.85. The van der Waals surface area contributed by atoms with Gasteiger partial charge in [-0.05, 0) is 46.3 Å². The number of nitrogens with one attached hydrogen (secondary N) is 1. The number of hydrogen-bond acceptors (Lipinski definition) is 4. The molecule has 8 heteroatoms. The van der Waals surface area contributed by atoms with Gasteiger partial charge in [-0.1, -0.05) is 11.6 Å². The van der Waals surface area contributed by atoms with E-state index in [0.717, 1.165) is 15.1 Å². The summed E-state index contributed by atoms with van der Waals surface area (Å²) in [6, 6.07) is 7.77. The summed E-state index contributed by atoms with van der Waals surface area (Å²) in [5.41, 5.74) is 6.31. The lowest BCUT2D eigenvalue weighted by atomic mass is 10.3. The topological polar surface area (TPSA) is 72.2 Å². The van der Waals surface area contributed by atoms with Gasteiger partial charge in [0.05, 0.1) is 20.2 Å². The van der Waals surface area contributed by atoms with Gasteiger partial charge in [0.2, 0.25) is 0 Å². The van der Waals surface area contributed by atoms with Gasteiger partial charge < -0.3 is 5.73 Å². The second-order valence-electron chi connectivity index (χ2n) is 3.40. The van der Waals surface area contributed by atoms with Gasteiger partial charge in [-0.25, -0.2) is 8.42 Å². The van der Waals surface area contributed by atoms with E-state index in [1.54, 1.807) is 18.2 Å². The molecule has 2 aromatic rings. The second kappa shape index (κ2) is 5.08. The van der Waals surface area contributed by atoms with E-state index in [2.05, 4.69) is 20.7 Å². The predicted molar refractivity (Wildman–Crippen MR) is 78.7 cm³/mol. The minimum atomic E-state index is -3.58. The summed E-state index contributed by atoms with van der Waals surface area (Å²) >= 11 is 10.1. The highest BCUT2D eigenvalue weighted by molar-refractivity contribution is 9.11. The number of nitrogens with two attached hydrogens (primary N) is 1. The van der Waals surface area contributed by atoms with Gasteiger partial charge in [-0.15, -0.1) is 11.3 Å². The summed E-state index contributed by atoms with van der Waals surface area (Å²) in [7, 11) is -3.58. The van der Waals surface area contributed by atoms with E-state index in [-0.39, 0.29) is 4.21 Å². The van der Waals surface area contributed by atoms with E-state index in [9.17, 15) is 8.42 Å². The van der Waals surface area contributed by atoms with Crippen LogP contribution in [0.2, 0.25) is 5.02 Å². The molecule has 1 aromatic heterocycles. The summed E-state index contributed by atoms with van der Waals surface area (Å²) in [5, 5.41) is 0.386. The summed E-state index contributed by atoms with van der Waals surface area (Å²) in [5.74, 6) is 0. The lowest BCUT2D eigenvalue weighted by Crippen LogP contribution is -2.11. The van der Waals surface area contributed by atoms with Gasteiger partial charge in [-0.3, -0.25) is 4.72 Å². The van der Waals surface area contributed by atoms with Crippen LogP contribution in [0.15, 0.2) is 38.3 Å². The average Bonchev–Trinajstić information content (AvgIpc) is 2.71. The highest BCUT2D eigenvalue weighted by Crippen LogP contribution is 2.29. The maximum absolute atomic E-state index is 12.0. The Hall–Kier alpha value is -0.760. The molecule has 96 valence electrons. The van der Waals surface area contributed by atoms with Crippen LogP contribution >= 0.6 is 38.9 Å². The molecule has 3 N–H and O–H groups in total. The molecule has 0 saturated carbocycles. The quantitative estimate of drug-likeness (QED) is 0.815. The molecule has 0 aliphatic carbocycles. The van der Waals surface area contributed by atoms with Crippen molar-refractivity contribution in [3.63, 3.8) is 0 Å². The second-order valence-corrected chi connectivity index (χ2v) is 8.18. The SMILES string of the molecule is Nc1cc(NS(=O)(=O)c2ccc(Br)s2)ccc1Cl. The third-order valence-corrected chi connectivity index (χ3v) is 5.90. The zero-order valence-corrected chi connectivity index (χ0v) is 12.8. The fraction of sp³-hybridized carbons (Fsp3) is 0. The van der Waals surface area contributed by atoms with Crippen molar-refractivity contribution in [3.05, 3.63) is 39.1 Å². The molecular formula is C10H8BrClN2O2S2. The molecule has 18 heavy (non-hydrogen) atoms. The third-order valence-electron chi connectivity index (χ3n) is 2.06. The Balaban J connectivity index is 2.30. The fourth-order valence-electron chi connectivity index (χ4n) is 1.25. The van der Waals surface area contributed by atoms with Crippen LogP contribution in [-0.4, -0.2) is 8.42 Å². The molecule has 0 saturated heterocycles. The van der Waals surface area contributed by atoms with Gasteiger partial charge in [0, 0.05) is 0 Å². The Kier molecular flexibility index (Phi) is 3.86. The summed E-state index contributed by atoms with van der Waals surface area (Å²) < 4.78 is 27.4. The number of anilines is 2. The number of nitrogen functional groups attached to an aromatic ring is 1. The molecule has 0 radical (unpaired) electrons. The van der Waals surface area contributed by atoms with Gasteiger partial charge >= 0.3 is 0 Å². The molecule has 0 aliphatic rings. The molecule has 0 bridgehead atoms. The maximum atomic E-state index is 12.0. The molecule has 0 aliphatic heterocycles. The van der Waals surface area contributed by atoms with Crippen molar-refractivity contribution < 1.29 is 8.42 Å². The zero-order chi connectivity index (χ0) is 13.3. The van der Waals surface area contributed by atoms with Crippen LogP contribution in [0.25, 0.3) is 0 Å². The number of benzene rings is 1. The average molecular weight is 368 g/mol. The molecule has 2 rings (SSSR count). The Morgan fingerprint density at radius 2 is 2.00 bits per heavy atom. The van der Waals surface area contributed by atoms with Crippen LogP contribution in [0.5, 0.6) is 0 Å². The first-order valence-electron chi connectivity index (χ1n) is 4.72. The Morgan fingerprint density at radius 1 is 1.28 bits per heavy atom. The summed E-state index contributed by atoms with van der Waals surface area (Å²) in [6.45, 7) is 0. The van der Waals surface area contributed by atoms with Gasteiger partial charge in [-0.2, -0.15) is 0 Å². The summed E-state index contributed by atoms with van der Waals surface area (Å²) in [6.07, 6.45) is 0. The molecule has 1 heterocycles. The van der Waals surface area contributed by atoms with Crippen molar-refractivity contribution in [2.24, 2.45) is 0 Å². The Labute approximate surface area is 122 Å². The predicted octanol–water partition coefficient (Wildman–Crippen LogP) is 3.55. The van der Waals surface area contributed by atoms with Crippen molar-refractivity contribution in [1.82, 2.24) is 0 Å². The number of halogens is 2. The molecule has 0 fully saturated rings. The molecule has 0 unspecified atom stereocenters. The molecule has 0 spiro atoms. The minimum Gasteiger partial charge on any atom is -0.397 e. The fourth-order valence-corrected chi connectivity index (χ4v) is 4.43. The van der Waals surface area contributed by atoms with E-state index in [4.69, 9.17) is 17.3 Å². The van der Waals surface area contributed by atoms with Crippen LogP contribution in [0.4, 0.5) is 11.4 Å². The monoisotopic (exact) mass is 366 g/mol. The molecule has 0 atom stereocenters. The largest absolute Gasteiger partial charge is 0.397 e.